The zero-order valence-corrected chi connectivity index (χ0v) is 22.1. The summed E-state index contributed by atoms with van der Waals surface area (Å²) in [6, 6.07) is 8.96. The van der Waals surface area contributed by atoms with Gasteiger partial charge in [-0.3, -0.25) is 9.59 Å². The van der Waals surface area contributed by atoms with Crippen LogP contribution in [0.1, 0.15) is 61.1 Å². The number of aliphatic hydroxyl groups is 1. The second-order valence-electron chi connectivity index (χ2n) is 9.88. The van der Waals surface area contributed by atoms with Crippen molar-refractivity contribution < 1.29 is 23.5 Å². The maximum Gasteiger partial charge on any atom is 0.251 e. The third-order valence-electron chi connectivity index (χ3n) is 6.35. The topological polar surface area (TPSA) is 129 Å². The van der Waals surface area contributed by atoms with Gasteiger partial charge in [-0.15, -0.1) is 11.3 Å². The monoisotopic (exact) mass is 543 g/mol. The van der Waals surface area contributed by atoms with Crippen LogP contribution < -0.4 is 21.7 Å². The smallest absolute Gasteiger partial charge is 0.251 e. The molecule has 0 radical (unpaired) electrons. The van der Waals surface area contributed by atoms with E-state index in [4.69, 9.17) is 5.73 Å². The Morgan fingerprint density at radius 1 is 1.16 bits per heavy atom. The molecule has 11 heteroatoms. The number of hydrogen-bond donors (Lipinski definition) is 5. The summed E-state index contributed by atoms with van der Waals surface area (Å²) < 4.78 is 29.8. The number of anilines is 2. The molecule has 0 spiro atoms. The van der Waals surface area contributed by atoms with Crippen molar-refractivity contribution in [3.8, 4) is 10.4 Å². The fourth-order valence-electron chi connectivity index (χ4n) is 4.37. The van der Waals surface area contributed by atoms with E-state index in [-0.39, 0.29) is 45.1 Å². The van der Waals surface area contributed by atoms with Crippen molar-refractivity contribution >= 4 is 34.0 Å². The summed E-state index contributed by atoms with van der Waals surface area (Å²) in [6.07, 6.45) is 4.32. The van der Waals surface area contributed by atoms with E-state index in [1.165, 1.54) is 19.9 Å². The first-order chi connectivity index (χ1) is 18.0. The Kier molecular flexibility index (Phi) is 8.39. The molecule has 1 saturated carbocycles. The number of carbonyl (C=O) groups is 2. The Hall–Kier alpha value is -3.41. The summed E-state index contributed by atoms with van der Waals surface area (Å²) in [5.41, 5.74) is 4.60. The Morgan fingerprint density at radius 2 is 1.84 bits per heavy atom. The Balaban J connectivity index is 1.48. The molecular formula is C27H31F2N5O3S. The van der Waals surface area contributed by atoms with Gasteiger partial charge in [0.05, 0.1) is 29.0 Å². The molecule has 3 aromatic rings. The Morgan fingerprint density at radius 3 is 2.47 bits per heavy atom. The van der Waals surface area contributed by atoms with Gasteiger partial charge < -0.3 is 26.8 Å². The highest BCUT2D eigenvalue weighted by Crippen LogP contribution is 2.40. The number of nitrogens with two attached hydrogens (primary N) is 1. The van der Waals surface area contributed by atoms with E-state index in [1.54, 1.807) is 18.2 Å². The Labute approximate surface area is 223 Å². The fraction of sp³-hybridized carbons (Fsp3) is 0.370. The molecular weight excluding hydrogens is 512 g/mol. The van der Waals surface area contributed by atoms with Crippen LogP contribution in [0.2, 0.25) is 0 Å². The molecule has 8 nitrogen and oxygen atoms in total. The van der Waals surface area contributed by atoms with Gasteiger partial charge in [-0.25, -0.2) is 13.8 Å². The number of hydrogen-bond acceptors (Lipinski definition) is 7. The van der Waals surface area contributed by atoms with Gasteiger partial charge in [0.25, 0.3) is 5.91 Å². The molecule has 0 atom stereocenters. The number of aromatic nitrogens is 1. The summed E-state index contributed by atoms with van der Waals surface area (Å²) in [4.78, 5) is 28.9. The van der Waals surface area contributed by atoms with Gasteiger partial charge in [0, 0.05) is 17.5 Å². The first-order valence-corrected chi connectivity index (χ1v) is 13.2. The minimum absolute atomic E-state index is 0.0570. The van der Waals surface area contributed by atoms with Crippen LogP contribution in [0.4, 0.5) is 19.6 Å². The van der Waals surface area contributed by atoms with Gasteiger partial charge in [0.1, 0.15) is 22.5 Å². The van der Waals surface area contributed by atoms with E-state index in [9.17, 15) is 23.5 Å². The summed E-state index contributed by atoms with van der Waals surface area (Å²) in [7, 11) is 0. The quantitative estimate of drug-likeness (QED) is 0.259. The molecule has 1 aliphatic carbocycles. The average molecular weight is 544 g/mol. The maximum atomic E-state index is 14.9. The lowest BCUT2D eigenvalue weighted by atomic mass is 9.96. The number of pyridine rings is 1. The van der Waals surface area contributed by atoms with Crippen LogP contribution in [-0.2, 0) is 16.9 Å². The van der Waals surface area contributed by atoms with Gasteiger partial charge in [0.2, 0.25) is 5.91 Å². The summed E-state index contributed by atoms with van der Waals surface area (Å²) in [5.74, 6) is -2.16. The second kappa shape index (κ2) is 11.5. The van der Waals surface area contributed by atoms with Gasteiger partial charge in [0.15, 0.2) is 0 Å². The first kappa shape index (κ1) is 27.6. The largest absolute Gasteiger partial charge is 0.386 e. The van der Waals surface area contributed by atoms with E-state index in [0.717, 1.165) is 49.2 Å². The van der Waals surface area contributed by atoms with Crippen LogP contribution in [0.15, 0.2) is 36.4 Å². The highest BCUT2D eigenvalue weighted by Gasteiger charge is 2.24. The van der Waals surface area contributed by atoms with E-state index in [2.05, 4.69) is 20.9 Å². The number of carbonyl (C=O) groups excluding carboxylic acids is 2. The molecule has 0 saturated heterocycles. The lowest BCUT2D eigenvalue weighted by molar-refractivity contribution is -0.120. The number of nitrogens with zero attached hydrogens (tertiary/aromatic N) is 1. The highest BCUT2D eigenvalue weighted by atomic mass is 32.1. The number of amides is 2. The Bertz CT molecular complexity index is 1310. The third-order valence-corrected chi connectivity index (χ3v) is 7.42. The molecule has 1 aliphatic rings. The molecule has 1 fully saturated rings. The van der Waals surface area contributed by atoms with Crippen molar-refractivity contribution in [2.45, 2.75) is 57.7 Å². The van der Waals surface area contributed by atoms with Gasteiger partial charge >= 0.3 is 0 Å². The molecule has 2 heterocycles. The molecule has 0 unspecified atom stereocenters. The van der Waals surface area contributed by atoms with E-state index < -0.39 is 23.1 Å². The van der Waals surface area contributed by atoms with Crippen molar-refractivity contribution in [3.63, 3.8) is 0 Å². The SMILES string of the molecule is CC(C)(O)c1cc(F)c(-c2cc(C(N)=O)c(Nc3cccc(CNCC(=O)NC4CCCC4)n3)s2)c(F)c1. The zero-order valence-electron chi connectivity index (χ0n) is 21.2. The highest BCUT2D eigenvalue weighted by molar-refractivity contribution is 7.20. The summed E-state index contributed by atoms with van der Waals surface area (Å²) in [5, 5.41) is 19.5. The second-order valence-corrected chi connectivity index (χ2v) is 10.9. The fourth-order valence-corrected chi connectivity index (χ4v) is 5.49. The lowest BCUT2D eigenvalue weighted by Crippen LogP contribution is -2.39. The molecule has 4 rings (SSSR count). The minimum atomic E-state index is -1.42. The van der Waals surface area contributed by atoms with Gasteiger partial charge in [-0.05, 0) is 62.6 Å². The van der Waals surface area contributed by atoms with Crippen LogP contribution in [0, 0.1) is 11.6 Å². The molecule has 38 heavy (non-hydrogen) atoms. The molecule has 2 aromatic heterocycles. The van der Waals surface area contributed by atoms with Crippen molar-refractivity contribution in [2.75, 3.05) is 11.9 Å². The molecule has 202 valence electrons. The van der Waals surface area contributed by atoms with Crippen LogP contribution in [-0.4, -0.2) is 34.5 Å². The van der Waals surface area contributed by atoms with Gasteiger partial charge in [-0.2, -0.15) is 0 Å². The summed E-state index contributed by atoms with van der Waals surface area (Å²) in [6.45, 7) is 3.37. The molecule has 0 aliphatic heterocycles. The number of thiophene rings is 1. The van der Waals surface area contributed by atoms with Gasteiger partial charge in [-0.1, -0.05) is 18.9 Å². The van der Waals surface area contributed by atoms with Crippen LogP contribution in [0.25, 0.3) is 10.4 Å². The molecule has 2 amide bonds. The van der Waals surface area contributed by atoms with Crippen LogP contribution >= 0.6 is 11.3 Å². The van der Waals surface area contributed by atoms with Crippen molar-refractivity contribution in [1.82, 2.24) is 15.6 Å². The first-order valence-electron chi connectivity index (χ1n) is 12.4. The van der Waals surface area contributed by atoms with E-state index >= 15 is 0 Å². The van der Waals surface area contributed by atoms with E-state index in [0.29, 0.717) is 18.1 Å². The molecule has 0 bridgehead atoms. The number of rotatable bonds is 10. The van der Waals surface area contributed by atoms with Crippen molar-refractivity contribution in [3.05, 3.63) is 64.9 Å². The molecule has 1 aromatic carbocycles. The maximum absolute atomic E-state index is 14.9. The van der Waals surface area contributed by atoms with E-state index in [1.807, 2.05) is 0 Å². The third kappa shape index (κ3) is 6.72. The normalized spacial score (nSPS) is 14.0. The minimum Gasteiger partial charge on any atom is -0.386 e. The van der Waals surface area contributed by atoms with Crippen molar-refractivity contribution in [2.24, 2.45) is 5.73 Å². The van der Waals surface area contributed by atoms with Crippen molar-refractivity contribution in [1.29, 1.82) is 0 Å². The predicted octanol–water partition coefficient (Wildman–Crippen LogP) is 4.31. The standard InChI is InChI=1S/C27H31F2N5O3S/c1-27(2,37)15-10-19(28)24(20(29)11-15)21-12-18(25(30)36)26(38-21)34-22-9-5-8-17(32-22)13-31-14-23(35)33-16-6-3-4-7-16/h5,8-12,16,31,37H,3-4,6-7,13-14H2,1-2H3,(H2,30,36)(H,32,34)(H,33,35). The van der Waals surface area contributed by atoms with Crippen LogP contribution in [0.3, 0.4) is 0 Å². The summed E-state index contributed by atoms with van der Waals surface area (Å²) >= 11 is 0.957. The predicted molar refractivity (Wildman–Crippen MR) is 143 cm³/mol. The molecule has 6 N–H and O–H groups in total. The number of halogens is 2. The zero-order chi connectivity index (χ0) is 27.4. The van der Waals surface area contributed by atoms with Crippen LogP contribution in [0.5, 0.6) is 0 Å². The lowest BCUT2D eigenvalue weighted by Gasteiger charge is -2.18. The number of benzene rings is 1. The average Bonchev–Trinajstić information content (AvgIpc) is 3.48. The number of primary amides is 1. The number of nitrogens with one attached hydrogen (secondary N) is 3.